The third-order valence-electron chi connectivity index (χ3n) is 2.55. The van der Waals surface area contributed by atoms with Gasteiger partial charge < -0.3 is 4.98 Å². The largest absolute Gasteiger partial charge is 0.359 e. The van der Waals surface area contributed by atoms with Crippen molar-refractivity contribution < 1.29 is 8.42 Å². The fourth-order valence-corrected chi connectivity index (χ4v) is 2.19. The van der Waals surface area contributed by atoms with Crippen LogP contribution < -0.4 is 9.44 Å². The van der Waals surface area contributed by atoms with Crippen LogP contribution in [0, 0.1) is 6.92 Å². The van der Waals surface area contributed by atoms with Gasteiger partial charge in [0.25, 0.3) is 10.2 Å². The van der Waals surface area contributed by atoms with E-state index in [1.165, 1.54) is 7.05 Å². The van der Waals surface area contributed by atoms with E-state index in [9.17, 15) is 8.42 Å². The summed E-state index contributed by atoms with van der Waals surface area (Å²) in [4.78, 5) is 3.22. The molecule has 0 aliphatic rings. The molecule has 0 atom stereocenters. The second-order valence-corrected chi connectivity index (χ2v) is 5.61. The monoisotopic (exact) mass is 253 g/mol. The van der Waals surface area contributed by atoms with Crippen molar-refractivity contribution in [1.82, 2.24) is 14.4 Å². The first-order valence-electron chi connectivity index (χ1n) is 5.26. The Balaban J connectivity index is 2.19. The van der Waals surface area contributed by atoms with E-state index < -0.39 is 10.2 Å². The molecule has 5 nitrogen and oxygen atoms in total. The predicted octanol–water partition coefficient (Wildman–Crippen LogP) is 1.03. The Bertz CT molecular complexity index is 631. The normalized spacial score (nSPS) is 12.1. The van der Waals surface area contributed by atoms with Gasteiger partial charge in [0.1, 0.15) is 0 Å². The van der Waals surface area contributed by atoms with Gasteiger partial charge in [-0.25, -0.2) is 4.72 Å². The van der Waals surface area contributed by atoms with Crippen molar-refractivity contribution in [3.8, 4) is 0 Å². The first kappa shape index (κ1) is 12.1. The Morgan fingerprint density at radius 3 is 2.76 bits per heavy atom. The molecule has 0 amide bonds. The number of H-pyrrole nitrogens is 1. The summed E-state index contributed by atoms with van der Waals surface area (Å²) in [6, 6.07) is 7.85. The minimum Gasteiger partial charge on any atom is -0.359 e. The van der Waals surface area contributed by atoms with Gasteiger partial charge in [0.15, 0.2) is 0 Å². The molecule has 0 aliphatic heterocycles. The second kappa shape index (κ2) is 4.48. The summed E-state index contributed by atoms with van der Waals surface area (Å²) < 4.78 is 27.1. The predicted molar refractivity (Wildman–Crippen MR) is 67.9 cm³/mol. The quantitative estimate of drug-likeness (QED) is 0.761. The number of aryl methyl sites for hydroxylation is 1. The van der Waals surface area contributed by atoms with Gasteiger partial charge in [0.05, 0.1) is 0 Å². The Kier molecular flexibility index (Phi) is 3.19. The molecule has 0 bridgehead atoms. The molecule has 2 aromatic rings. The van der Waals surface area contributed by atoms with Gasteiger partial charge in [-0.05, 0) is 36.1 Å². The minimum atomic E-state index is -3.37. The number of aromatic nitrogens is 1. The molecule has 0 spiro atoms. The molecule has 1 aromatic carbocycles. The molecule has 0 saturated heterocycles. The number of fused-ring (bicyclic) bond motifs is 1. The van der Waals surface area contributed by atoms with Crippen LogP contribution in [0.25, 0.3) is 10.9 Å². The molecule has 0 fully saturated rings. The van der Waals surface area contributed by atoms with Gasteiger partial charge in [-0.2, -0.15) is 13.1 Å². The molecule has 3 N–H and O–H groups in total. The van der Waals surface area contributed by atoms with E-state index in [4.69, 9.17) is 0 Å². The van der Waals surface area contributed by atoms with Crippen LogP contribution in [0.15, 0.2) is 24.3 Å². The van der Waals surface area contributed by atoms with Gasteiger partial charge >= 0.3 is 0 Å². The van der Waals surface area contributed by atoms with E-state index >= 15 is 0 Å². The lowest BCUT2D eigenvalue weighted by molar-refractivity contribution is 0.573. The van der Waals surface area contributed by atoms with Crippen LogP contribution in [0.2, 0.25) is 0 Å². The third kappa shape index (κ3) is 2.85. The van der Waals surface area contributed by atoms with Gasteiger partial charge in [0, 0.05) is 24.8 Å². The topological polar surface area (TPSA) is 74.0 Å². The van der Waals surface area contributed by atoms with Crippen molar-refractivity contribution in [3.63, 3.8) is 0 Å². The summed E-state index contributed by atoms with van der Waals surface area (Å²) in [6.07, 6.45) is 0. The number of benzene rings is 1. The van der Waals surface area contributed by atoms with Crippen molar-refractivity contribution in [1.29, 1.82) is 0 Å². The maximum Gasteiger partial charge on any atom is 0.276 e. The van der Waals surface area contributed by atoms with Crippen LogP contribution in [-0.2, 0) is 16.8 Å². The van der Waals surface area contributed by atoms with Crippen molar-refractivity contribution in [2.75, 3.05) is 7.05 Å². The zero-order valence-electron chi connectivity index (χ0n) is 9.74. The summed E-state index contributed by atoms with van der Waals surface area (Å²) >= 11 is 0. The summed E-state index contributed by atoms with van der Waals surface area (Å²) in [5.41, 5.74) is 3.08. The lowest BCUT2D eigenvalue weighted by Crippen LogP contribution is -2.33. The Hall–Kier alpha value is -1.37. The smallest absolute Gasteiger partial charge is 0.276 e. The molecule has 1 aromatic heterocycles. The van der Waals surface area contributed by atoms with Crippen LogP contribution in [0.3, 0.4) is 0 Å². The fraction of sp³-hybridized carbons (Fsp3) is 0.273. The number of nitrogens with one attached hydrogen (secondary N) is 3. The molecule has 1 heterocycles. The van der Waals surface area contributed by atoms with Crippen LogP contribution >= 0.6 is 0 Å². The lowest BCUT2D eigenvalue weighted by atomic mass is 10.1. The highest BCUT2D eigenvalue weighted by Gasteiger charge is 2.06. The molecule has 0 unspecified atom stereocenters. The Labute approximate surface area is 100 Å². The minimum absolute atomic E-state index is 0.281. The van der Waals surface area contributed by atoms with Gasteiger partial charge in [0.2, 0.25) is 0 Å². The van der Waals surface area contributed by atoms with Crippen molar-refractivity contribution in [3.05, 3.63) is 35.5 Å². The summed E-state index contributed by atoms with van der Waals surface area (Å²) in [7, 11) is -2.00. The Morgan fingerprint density at radius 2 is 2.06 bits per heavy atom. The zero-order chi connectivity index (χ0) is 12.5. The van der Waals surface area contributed by atoms with Crippen LogP contribution in [0.4, 0.5) is 0 Å². The summed E-state index contributed by atoms with van der Waals surface area (Å²) in [5.74, 6) is 0. The molecular formula is C11H15N3O2S. The molecule has 0 saturated carbocycles. The van der Waals surface area contributed by atoms with E-state index in [2.05, 4.69) is 14.4 Å². The summed E-state index contributed by atoms with van der Waals surface area (Å²) in [6.45, 7) is 2.27. The molecule has 0 aliphatic carbocycles. The molecule has 92 valence electrons. The Morgan fingerprint density at radius 1 is 1.29 bits per heavy atom. The van der Waals surface area contributed by atoms with Crippen molar-refractivity contribution in [2.45, 2.75) is 13.5 Å². The highest BCUT2D eigenvalue weighted by molar-refractivity contribution is 7.87. The third-order valence-corrected chi connectivity index (χ3v) is 3.62. The average Bonchev–Trinajstić information content (AvgIpc) is 2.66. The number of aromatic amines is 1. The first-order valence-corrected chi connectivity index (χ1v) is 6.75. The summed E-state index contributed by atoms with van der Waals surface area (Å²) in [5, 5.41) is 1.09. The standard InChI is InChI=1S/C11H15N3O2S/c1-8-5-10-6-9(3-4-11(10)14-8)7-13-17(15,16)12-2/h3-6,12-14H,7H2,1-2H3. The van der Waals surface area contributed by atoms with Gasteiger partial charge in [-0.3, -0.25) is 0 Å². The van der Waals surface area contributed by atoms with Gasteiger partial charge in [-0.1, -0.05) is 6.07 Å². The molecular weight excluding hydrogens is 238 g/mol. The van der Waals surface area contributed by atoms with Crippen molar-refractivity contribution in [2.24, 2.45) is 0 Å². The fourth-order valence-electron chi connectivity index (χ4n) is 1.69. The van der Waals surface area contributed by atoms with E-state index in [-0.39, 0.29) is 6.54 Å². The van der Waals surface area contributed by atoms with Crippen LogP contribution in [0.1, 0.15) is 11.3 Å². The van der Waals surface area contributed by atoms with E-state index in [1.54, 1.807) is 0 Å². The maximum atomic E-state index is 11.2. The SMILES string of the molecule is CNS(=O)(=O)NCc1ccc2[nH]c(C)cc2c1. The number of rotatable bonds is 4. The van der Waals surface area contributed by atoms with E-state index in [0.29, 0.717) is 0 Å². The van der Waals surface area contributed by atoms with E-state index in [1.807, 2.05) is 31.2 Å². The second-order valence-electron chi connectivity index (χ2n) is 3.90. The first-order chi connectivity index (χ1) is 8.00. The van der Waals surface area contributed by atoms with Crippen LogP contribution in [-0.4, -0.2) is 20.4 Å². The van der Waals surface area contributed by atoms with Crippen LogP contribution in [0.5, 0.6) is 0 Å². The highest BCUT2D eigenvalue weighted by atomic mass is 32.2. The molecule has 0 radical (unpaired) electrons. The van der Waals surface area contributed by atoms with Gasteiger partial charge in [-0.15, -0.1) is 0 Å². The average molecular weight is 253 g/mol. The van der Waals surface area contributed by atoms with Crippen molar-refractivity contribution >= 4 is 21.1 Å². The van der Waals surface area contributed by atoms with E-state index in [0.717, 1.165) is 22.2 Å². The zero-order valence-corrected chi connectivity index (χ0v) is 10.6. The molecule has 2 rings (SSSR count). The number of hydrogen-bond donors (Lipinski definition) is 3. The molecule has 17 heavy (non-hydrogen) atoms. The highest BCUT2D eigenvalue weighted by Crippen LogP contribution is 2.16. The number of hydrogen-bond acceptors (Lipinski definition) is 2. The lowest BCUT2D eigenvalue weighted by Gasteiger charge is -2.05. The maximum absolute atomic E-state index is 11.2. The molecule has 6 heteroatoms.